The molecule has 0 aromatic carbocycles. The van der Waals surface area contributed by atoms with Gasteiger partial charge < -0.3 is 15.0 Å². The van der Waals surface area contributed by atoms with Crippen molar-refractivity contribution >= 4 is 17.3 Å². The summed E-state index contributed by atoms with van der Waals surface area (Å²) in [5.74, 6) is -0.0163. The summed E-state index contributed by atoms with van der Waals surface area (Å²) < 4.78 is 5.03. The SMILES string of the molecule is CCN(CC(C)C#N)C(=S)NC(C)COC. The van der Waals surface area contributed by atoms with E-state index in [2.05, 4.69) is 11.4 Å². The molecule has 0 saturated carbocycles. The highest BCUT2D eigenvalue weighted by molar-refractivity contribution is 7.80. The monoisotopic (exact) mass is 243 g/mol. The molecule has 0 bridgehead atoms. The zero-order valence-corrected chi connectivity index (χ0v) is 11.3. The summed E-state index contributed by atoms with van der Waals surface area (Å²) in [6, 6.07) is 2.39. The molecule has 0 spiro atoms. The molecule has 2 unspecified atom stereocenters. The number of hydrogen-bond donors (Lipinski definition) is 1. The van der Waals surface area contributed by atoms with Crippen molar-refractivity contribution in [2.24, 2.45) is 5.92 Å². The van der Waals surface area contributed by atoms with Crippen LogP contribution in [0.15, 0.2) is 0 Å². The molecule has 5 heteroatoms. The van der Waals surface area contributed by atoms with Crippen LogP contribution >= 0.6 is 12.2 Å². The van der Waals surface area contributed by atoms with E-state index in [1.807, 2.05) is 25.7 Å². The zero-order valence-electron chi connectivity index (χ0n) is 10.5. The maximum absolute atomic E-state index is 8.77. The van der Waals surface area contributed by atoms with Crippen LogP contribution in [0.25, 0.3) is 0 Å². The Morgan fingerprint density at radius 1 is 1.56 bits per heavy atom. The van der Waals surface area contributed by atoms with Crippen molar-refractivity contribution in [3.63, 3.8) is 0 Å². The van der Waals surface area contributed by atoms with Gasteiger partial charge in [-0.15, -0.1) is 0 Å². The van der Waals surface area contributed by atoms with E-state index in [0.29, 0.717) is 18.3 Å². The minimum Gasteiger partial charge on any atom is -0.383 e. The molecule has 1 N–H and O–H groups in total. The van der Waals surface area contributed by atoms with Gasteiger partial charge in [-0.3, -0.25) is 0 Å². The molecule has 92 valence electrons. The maximum Gasteiger partial charge on any atom is 0.169 e. The van der Waals surface area contributed by atoms with Gasteiger partial charge in [-0.25, -0.2) is 0 Å². The van der Waals surface area contributed by atoms with Crippen LogP contribution in [-0.4, -0.2) is 42.9 Å². The molecule has 0 aromatic rings. The number of ether oxygens (including phenoxy) is 1. The van der Waals surface area contributed by atoms with Crippen LogP contribution in [0.1, 0.15) is 20.8 Å². The summed E-state index contributed by atoms with van der Waals surface area (Å²) in [7, 11) is 1.66. The van der Waals surface area contributed by atoms with Crippen LogP contribution in [0.2, 0.25) is 0 Å². The number of nitrogens with one attached hydrogen (secondary N) is 1. The molecule has 2 atom stereocenters. The van der Waals surface area contributed by atoms with Gasteiger partial charge in [-0.05, 0) is 33.0 Å². The molecule has 0 aromatic heterocycles. The van der Waals surface area contributed by atoms with Crippen molar-refractivity contribution in [3.05, 3.63) is 0 Å². The number of methoxy groups -OCH3 is 1. The highest BCUT2D eigenvalue weighted by Gasteiger charge is 2.13. The van der Waals surface area contributed by atoms with E-state index in [1.165, 1.54) is 0 Å². The van der Waals surface area contributed by atoms with Gasteiger partial charge in [-0.1, -0.05) is 0 Å². The Morgan fingerprint density at radius 3 is 2.62 bits per heavy atom. The van der Waals surface area contributed by atoms with Gasteiger partial charge in [0.05, 0.1) is 18.6 Å². The van der Waals surface area contributed by atoms with E-state index in [4.69, 9.17) is 22.2 Å². The molecule has 0 rings (SSSR count). The first-order chi connectivity index (χ1) is 7.54. The van der Waals surface area contributed by atoms with Crippen molar-refractivity contribution in [2.45, 2.75) is 26.8 Å². The van der Waals surface area contributed by atoms with Crippen LogP contribution in [0.3, 0.4) is 0 Å². The average Bonchev–Trinajstić information content (AvgIpc) is 2.25. The van der Waals surface area contributed by atoms with Crippen molar-refractivity contribution in [2.75, 3.05) is 26.8 Å². The third-order valence-corrected chi connectivity index (χ3v) is 2.55. The lowest BCUT2D eigenvalue weighted by atomic mass is 10.2. The summed E-state index contributed by atoms with van der Waals surface area (Å²) in [6.45, 7) is 8.02. The Morgan fingerprint density at radius 2 is 2.19 bits per heavy atom. The molecule has 0 aliphatic rings. The second kappa shape index (κ2) is 8.31. The first-order valence-electron chi connectivity index (χ1n) is 5.49. The summed E-state index contributed by atoms with van der Waals surface area (Å²) in [4.78, 5) is 2.00. The standard InChI is InChI=1S/C11H21N3OS/c1-5-14(7-9(2)6-12)11(16)13-10(3)8-15-4/h9-10H,5,7-8H2,1-4H3,(H,13,16). The molecule has 0 aliphatic carbocycles. The van der Waals surface area contributed by atoms with E-state index in [-0.39, 0.29) is 12.0 Å². The number of hydrogen-bond acceptors (Lipinski definition) is 3. The van der Waals surface area contributed by atoms with Crippen LogP contribution < -0.4 is 5.32 Å². The Bertz CT molecular complexity index is 252. The number of nitrogens with zero attached hydrogens (tertiary/aromatic N) is 2. The van der Waals surface area contributed by atoms with E-state index in [9.17, 15) is 0 Å². The third kappa shape index (κ3) is 5.89. The largest absolute Gasteiger partial charge is 0.383 e. The molecule has 0 radical (unpaired) electrons. The van der Waals surface area contributed by atoms with Crippen LogP contribution in [0.4, 0.5) is 0 Å². The van der Waals surface area contributed by atoms with E-state index >= 15 is 0 Å². The van der Waals surface area contributed by atoms with Crippen LogP contribution in [0.5, 0.6) is 0 Å². The Balaban J connectivity index is 4.16. The molecular weight excluding hydrogens is 222 g/mol. The average molecular weight is 243 g/mol. The van der Waals surface area contributed by atoms with Gasteiger partial charge in [0.15, 0.2) is 5.11 Å². The fourth-order valence-electron chi connectivity index (χ4n) is 1.32. The predicted molar refractivity (Wildman–Crippen MR) is 69.1 cm³/mol. The second-order valence-corrected chi connectivity index (χ2v) is 4.26. The van der Waals surface area contributed by atoms with Gasteiger partial charge in [0.25, 0.3) is 0 Å². The minimum atomic E-state index is -0.0163. The summed E-state index contributed by atoms with van der Waals surface area (Å²) in [6.07, 6.45) is 0. The Hall–Kier alpha value is -0.860. The number of rotatable bonds is 6. The van der Waals surface area contributed by atoms with Crippen molar-refractivity contribution < 1.29 is 4.74 Å². The van der Waals surface area contributed by atoms with Gasteiger partial charge in [0.1, 0.15) is 0 Å². The lowest BCUT2D eigenvalue weighted by molar-refractivity contribution is 0.178. The summed E-state index contributed by atoms with van der Waals surface area (Å²) >= 11 is 5.28. The van der Waals surface area contributed by atoms with Crippen molar-refractivity contribution in [1.82, 2.24) is 10.2 Å². The first-order valence-corrected chi connectivity index (χ1v) is 5.89. The predicted octanol–water partition coefficient (Wildman–Crippen LogP) is 1.38. The molecule has 0 fully saturated rings. The maximum atomic E-state index is 8.77. The van der Waals surface area contributed by atoms with Crippen molar-refractivity contribution in [1.29, 1.82) is 5.26 Å². The molecular formula is C11H21N3OS. The Kier molecular flexibility index (Phi) is 7.86. The zero-order chi connectivity index (χ0) is 12.6. The van der Waals surface area contributed by atoms with Gasteiger partial charge in [0, 0.05) is 26.2 Å². The molecule has 4 nitrogen and oxygen atoms in total. The third-order valence-electron chi connectivity index (χ3n) is 2.17. The van der Waals surface area contributed by atoms with E-state index in [1.54, 1.807) is 7.11 Å². The van der Waals surface area contributed by atoms with Crippen LogP contribution in [-0.2, 0) is 4.74 Å². The lowest BCUT2D eigenvalue weighted by Crippen LogP contribution is -2.46. The van der Waals surface area contributed by atoms with Crippen molar-refractivity contribution in [3.8, 4) is 6.07 Å². The summed E-state index contributed by atoms with van der Waals surface area (Å²) in [5.41, 5.74) is 0. The fourth-order valence-corrected chi connectivity index (χ4v) is 1.73. The highest BCUT2D eigenvalue weighted by atomic mass is 32.1. The normalized spacial score (nSPS) is 13.7. The summed E-state index contributed by atoms with van der Waals surface area (Å²) in [5, 5.41) is 12.6. The topological polar surface area (TPSA) is 48.3 Å². The van der Waals surface area contributed by atoms with Gasteiger partial charge in [-0.2, -0.15) is 5.26 Å². The van der Waals surface area contributed by atoms with E-state index < -0.39 is 0 Å². The fraction of sp³-hybridized carbons (Fsp3) is 0.818. The Labute approximate surface area is 104 Å². The van der Waals surface area contributed by atoms with Crippen LogP contribution in [0, 0.1) is 17.2 Å². The van der Waals surface area contributed by atoms with Gasteiger partial charge in [0.2, 0.25) is 0 Å². The molecule has 0 heterocycles. The van der Waals surface area contributed by atoms with E-state index in [0.717, 1.165) is 6.54 Å². The highest BCUT2D eigenvalue weighted by Crippen LogP contribution is 2.00. The smallest absolute Gasteiger partial charge is 0.169 e. The molecule has 0 saturated heterocycles. The quantitative estimate of drug-likeness (QED) is 0.714. The molecule has 16 heavy (non-hydrogen) atoms. The number of nitriles is 1. The number of thiocarbonyl (C=S) groups is 1. The lowest BCUT2D eigenvalue weighted by Gasteiger charge is -2.27. The minimum absolute atomic E-state index is 0.0163. The molecule has 0 aliphatic heterocycles. The van der Waals surface area contributed by atoms with Gasteiger partial charge >= 0.3 is 0 Å². The second-order valence-electron chi connectivity index (χ2n) is 3.87. The first kappa shape index (κ1) is 15.1. The molecule has 0 amide bonds.